The van der Waals surface area contributed by atoms with Gasteiger partial charge in [0.25, 0.3) is 0 Å². The normalized spacial score (nSPS) is 11.6. The van der Waals surface area contributed by atoms with E-state index in [-0.39, 0.29) is 0 Å². The SMILES string of the molecule is c1ccc(-c2cccc3cccc(-c4ccc(N(c5cccc(-n6c7ccccc7c7ccccc76)c5)c5ccc(-c6ccccc6)c6c5oc5ccccc56)cc4)c23)cc1. The third kappa shape index (κ3) is 5.74. The third-order valence-electron chi connectivity index (χ3n) is 12.2. The summed E-state index contributed by atoms with van der Waals surface area (Å²) in [7, 11) is 0. The zero-order valence-electron chi connectivity index (χ0n) is 33.2. The molecule has 0 radical (unpaired) electrons. The van der Waals surface area contributed by atoms with Gasteiger partial charge in [0.05, 0.1) is 16.7 Å². The highest BCUT2D eigenvalue weighted by atomic mass is 16.3. The van der Waals surface area contributed by atoms with Gasteiger partial charge in [0.2, 0.25) is 0 Å². The molecule has 0 fully saturated rings. The molecule has 0 bridgehead atoms. The van der Waals surface area contributed by atoms with Crippen LogP contribution < -0.4 is 4.90 Å². The predicted octanol–water partition coefficient (Wildman–Crippen LogP) is 16.3. The van der Waals surface area contributed by atoms with Crippen molar-refractivity contribution in [2.45, 2.75) is 0 Å². The number of aromatic nitrogens is 1. The molecule has 0 N–H and O–H groups in total. The van der Waals surface area contributed by atoms with Gasteiger partial charge in [0.15, 0.2) is 5.58 Å². The van der Waals surface area contributed by atoms with Gasteiger partial charge in [-0.1, -0.05) is 176 Å². The first-order valence-corrected chi connectivity index (χ1v) is 20.8. The lowest BCUT2D eigenvalue weighted by atomic mass is 9.91. The van der Waals surface area contributed by atoms with Gasteiger partial charge in [-0.05, 0) is 98.8 Å². The number of anilines is 3. The molecule has 2 aromatic heterocycles. The van der Waals surface area contributed by atoms with E-state index in [0.29, 0.717) is 0 Å². The van der Waals surface area contributed by atoms with Gasteiger partial charge in [-0.25, -0.2) is 0 Å². The predicted molar refractivity (Wildman–Crippen MR) is 257 cm³/mol. The molecule has 0 aliphatic carbocycles. The van der Waals surface area contributed by atoms with Crippen LogP contribution in [0.5, 0.6) is 0 Å². The minimum absolute atomic E-state index is 0.843. The Morgan fingerprint density at radius 1 is 0.361 bits per heavy atom. The lowest BCUT2D eigenvalue weighted by molar-refractivity contribution is 0.669. The smallest absolute Gasteiger partial charge is 0.160 e. The Hall–Kier alpha value is -8.14. The van der Waals surface area contributed by atoms with Crippen molar-refractivity contribution < 1.29 is 4.42 Å². The Morgan fingerprint density at radius 3 is 1.56 bits per heavy atom. The molecule has 0 aliphatic rings. The zero-order valence-corrected chi connectivity index (χ0v) is 33.2. The summed E-state index contributed by atoms with van der Waals surface area (Å²) >= 11 is 0. The summed E-state index contributed by atoms with van der Waals surface area (Å²) in [6.45, 7) is 0. The number of fused-ring (bicyclic) bond motifs is 7. The van der Waals surface area contributed by atoms with Crippen molar-refractivity contribution in [1.29, 1.82) is 0 Å². The number of para-hydroxylation sites is 3. The van der Waals surface area contributed by atoms with Crippen LogP contribution in [-0.2, 0) is 0 Å². The molecular weight excluding hydrogens is 741 g/mol. The maximum absolute atomic E-state index is 6.94. The van der Waals surface area contributed by atoms with Crippen LogP contribution >= 0.6 is 0 Å². The molecule has 0 saturated carbocycles. The molecule has 0 spiro atoms. The number of rotatable bonds is 7. The number of nitrogens with zero attached hydrogens (tertiary/aromatic N) is 2. The number of furan rings is 1. The topological polar surface area (TPSA) is 21.3 Å². The standard InChI is InChI=1S/C58H38N2O/c1-3-16-39(17-4-1)46-27-13-20-42-21-14-28-47(56(42)46)41-32-34-43(35-33-41)59(44-22-15-23-45(38-44)60-52-29-10-7-24-49(52)50-25-8-11-30-53(50)60)54-37-36-48(40-18-5-2-6-19-40)57-51-26-9-12-31-55(51)61-58(54)57/h1-38H. The van der Waals surface area contributed by atoms with Crippen LogP contribution in [0, 0.1) is 0 Å². The van der Waals surface area contributed by atoms with Crippen molar-refractivity contribution >= 4 is 71.6 Å². The molecule has 0 saturated heterocycles. The maximum Gasteiger partial charge on any atom is 0.160 e. The molecule has 3 nitrogen and oxygen atoms in total. The summed E-state index contributed by atoms with van der Waals surface area (Å²) in [6.07, 6.45) is 0. The highest BCUT2D eigenvalue weighted by Gasteiger charge is 2.23. The van der Waals surface area contributed by atoms with E-state index < -0.39 is 0 Å². The van der Waals surface area contributed by atoms with Crippen molar-refractivity contribution in [3.05, 3.63) is 231 Å². The van der Waals surface area contributed by atoms with Crippen molar-refractivity contribution in [3.8, 4) is 39.1 Å². The zero-order chi connectivity index (χ0) is 40.3. The lowest BCUT2D eigenvalue weighted by Crippen LogP contribution is -2.11. The van der Waals surface area contributed by atoms with E-state index in [1.807, 2.05) is 0 Å². The Balaban J connectivity index is 1.08. The van der Waals surface area contributed by atoms with Crippen LogP contribution in [0.25, 0.3) is 93.6 Å². The summed E-state index contributed by atoms with van der Waals surface area (Å²) < 4.78 is 9.32. The van der Waals surface area contributed by atoms with E-state index in [1.165, 1.54) is 49.3 Å². The number of hydrogen-bond acceptors (Lipinski definition) is 2. The molecule has 0 unspecified atom stereocenters. The second-order valence-corrected chi connectivity index (χ2v) is 15.6. The van der Waals surface area contributed by atoms with Crippen LogP contribution in [-0.4, -0.2) is 4.57 Å². The first kappa shape index (κ1) is 34.9. The summed E-state index contributed by atoms with van der Waals surface area (Å²) in [4.78, 5) is 2.36. The summed E-state index contributed by atoms with van der Waals surface area (Å²) in [5.41, 5.74) is 15.3. The van der Waals surface area contributed by atoms with Crippen LogP contribution in [0.3, 0.4) is 0 Å². The van der Waals surface area contributed by atoms with E-state index in [1.54, 1.807) is 0 Å². The Labute approximate surface area is 353 Å². The Kier molecular flexibility index (Phi) is 8.17. The van der Waals surface area contributed by atoms with Crippen LogP contribution in [0.15, 0.2) is 235 Å². The lowest BCUT2D eigenvalue weighted by Gasteiger charge is -2.27. The van der Waals surface area contributed by atoms with Crippen molar-refractivity contribution in [1.82, 2.24) is 4.57 Å². The third-order valence-corrected chi connectivity index (χ3v) is 12.2. The second kappa shape index (κ2) is 14.3. The van der Waals surface area contributed by atoms with Gasteiger partial charge in [-0.3, -0.25) is 0 Å². The molecule has 3 heteroatoms. The minimum atomic E-state index is 0.843. The van der Waals surface area contributed by atoms with Gasteiger partial charge >= 0.3 is 0 Å². The fraction of sp³-hybridized carbons (Fsp3) is 0. The fourth-order valence-corrected chi connectivity index (χ4v) is 9.48. The van der Waals surface area contributed by atoms with E-state index in [2.05, 4.69) is 240 Å². The quantitative estimate of drug-likeness (QED) is 0.161. The molecule has 0 amide bonds. The Bertz CT molecular complexity index is 3520. The van der Waals surface area contributed by atoms with Crippen molar-refractivity contribution in [2.24, 2.45) is 0 Å². The average molecular weight is 779 g/mol. The van der Waals surface area contributed by atoms with Crippen LogP contribution in [0.4, 0.5) is 17.1 Å². The molecule has 12 rings (SSSR count). The molecule has 10 aromatic carbocycles. The highest BCUT2D eigenvalue weighted by Crippen LogP contribution is 2.47. The van der Waals surface area contributed by atoms with Gasteiger partial charge in [0, 0.05) is 38.6 Å². The first-order valence-electron chi connectivity index (χ1n) is 20.8. The fourth-order valence-electron chi connectivity index (χ4n) is 9.48. The van der Waals surface area contributed by atoms with E-state index in [9.17, 15) is 0 Å². The molecule has 61 heavy (non-hydrogen) atoms. The van der Waals surface area contributed by atoms with E-state index in [4.69, 9.17) is 4.42 Å². The first-order chi connectivity index (χ1) is 30.3. The molecule has 286 valence electrons. The minimum Gasteiger partial charge on any atom is -0.454 e. The molecule has 2 heterocycles. The monoisotopic (exact) mass is 778 g/mol. The summed E-state index contributed by atoms with van der Waals surface area (Å²) in [5, 5.41) is 7.14. The molecule has 0 atom stereocenters. The van der Waals surface area contributed by atoms with Gasteiger partial charge < -0.3 is 13.9 Å². The summed E-state index contributed by atoms with van der Waals surface area (Å²) in [6, 6.07) is 82.8. The average Bonchev–Trinajstić information content (AvgIpc) is 3.89. The second-order valence-electron chi connectivity index (χ2n) is 15.6. The van der Waals surface area contributed by atoms with Crippen molar-refractivity contribution in [3.63, 3.8) is 0 Å². The van der Waals surface area contributed by atoms with Crippen LogP contribution in [0.2, 0.25) is 0 Å². The van der Waals surface area contributed by atoms with E-state index >= 15 is 0 Å². The van der Waals surface area contributed by atoms with Gasteiger partial charge in [0.1, 0.15) is 5.58 Å². The van der Waals surface area contributed by atoms with Crippen molar-refractivity contribution in [2.75, 3.05) is 4.90 Å². The Morgan fingerprint density at radius 2 is 0.902 bits per heavy atom. The highest BCUT2D eigenvalue weighted by molar-refractivity contribution is 6.17. The van der Waals surface area contributed by atoms with E-state index in [0.717, 1.165) is 61.4 Å². The largest absolute Gasteiger partial charge is 0.454 e. The molecule has 12 aromatic rings. The summed E-state index contributed by atoms with van der Waals surface area (Å²) in [5.74, 6) is 0. The number of hydrogen-bond donors (Lipinski definition) is 0. The van der Waals surface area contributed by atoms with Gasteiger partial charge in [-0.15, -0.1) is 0 Å². The molecule has 0 aliphatic heterocycles. The maximum atomic E-state index is 6.94. The van der Waals surface area contributed by atoms with Gasteiger partial charge in [-0.2, -0.15) is 0 Å². The number of benzene rings is 10. The van der Waals surface area contributed by atoms with Crippen LogP contribution in [0.1, 0.15) is 0 Å². The molecular formula is C58H38N2O.